The minimum atomic E-state index is 0.550. The molecule has 72 valence electrons. The van der Waals surface area contributed by atoms with Crippen molar-refractivity contribution < 1.29 is 62.0 Å². The van der Waals surface area contributed by atoms with Crippen molar-refractivity contribution in [1.29, 1.82) is 0 Å². The molecule has 1 N–H and O–H groups in total. The Morgan fingerprint density at radius 2 is 2.07 bits per heavy atom. The van der Waals surface area contributed by atoms with Crippen LogP contribution in [0.1, 0.15) is 23.3 Å². The molecule has 0 aliphatic carbocycles. The summed E-state index contributed by atoms with van der Waals surface area (Å²) in [5.41, 5.74) is 6.71. The van der Waals surface area contributed by atoms with Gasteiger partial charge in [0.15, 0.2) is 0 Å². The molecule has 1 nitrogen and oxygen atoms in total. The van der Waals surface area contributed by atoms with E-state index in [0.29, 0.717) is 98.3 Å². The van der Waals surface area contributed by atoms with Gasteiger partial charge in [-0.3, -0.25) is 0 Å². The summed E-state index contributed by atoms with van der Waals surface area (Å²) in [6.07, 6.45) is 1.27. The van der Waals surface area contributed by atoms with Gasteiger partial charge in [0.05, 0.1) is 0 Å². The van der Waals surface area contributed by atoms with Gasteiger partial charge in [0.1, 0.15) is 0 Å². The normalized spacial score (nSPS) is 20.1. The van der Waals surface area contributed by atoms with Gasteiger partial charge in [0.25, 0.3) is 0 Å². The van der Waals surface area contributed by atoms with Crippen molar-refractivity contribution in [2.24, 2.45) is 0 Å². The molecule has 1 aromatic rings. The first-order chi connectivity index (χ1) is 7.04. The second-order valence-corrected chi connectivity index (χ2v) is 13.1. The summed E-state index contributed by atoms with van der Waals surface area (Å²) in [4.78, 5) is 0. The third kappa shape index (κ3) is 2.84. The molecule has 1 unspecified atom stereocenters. The molecule has 0 saturated carbocycles. The molecule has 0 fully saturated rings. The Bertz CT molecular complexity index is 420. The predicted octanol–water partition coefficient (Wildman–Crippen LogP) is -0.305. The SMILES string of the molecule is Cc1c(C)[c]([Re])c2c([c]1[Rb])[CH]([RaH])NCC2. The van der Waals surface area contributed by atoms with Crippen LogP contribution in [0.15, 0.2) is 0 Å². The van der Waals surface area contributed by atoms with Crippen molar-refractivity contribution in [2.45, 2.75) is 21.4 Å². The molecule has 2 rings (SSSR count). The van der Waals surface area contributed by atoms with Crippen LogP contribution < -0.4 is 7.99 Å². The second kappa shape index (κ2) is 6.05. The van der Waals surface area contributed by atoms with Crippen LogP contribution in [0.25, 0.3) is 0 Å². The van der Waals surface area contributed by atoms with E-state index in [4.69, 9.17) is 0 Å². The molecule has 1 heterocycles. The van der Waals surface area contributed by atoms with E-state index >= 15 is 0 Å². The molecule has 4 heteroatoms. The van der Waals surface area contributed by atoms with Crippen LogP contribution in [-0.2, 0) is 25.6 Å². The average Bonchev–Trinajstić information content (AvgIpc) is 2.23. The first-order valence-corrected chi connectivity index (χ1v) is 14.1. The molecule has 0 spiro atoms. The zero-order valence-corrected chi connectivity index (χ0v) is 25.7. The van der Waals surface area contributed by atoms with Crippen molar-refractivity contribution in [3.8, 4) is 0 Å². The number of fused-ring (bicyclic) bond motifs is 1. The molecule has 1 aromatic carbocycles. The van der Waals surface area contributed by atoms with Crippen LogP contribution in [0, 0.1) is 56.6 Å². The Morgan fingerprint density at radius 3 is 2.73 bits per heavy atom. The van der Waals surface area contributed by atoms with Crippen LogP contribution >= 0.6 is 0 Å². The van der Waals surface area contributed by atoms with Gasteiger partial charge in [-0.2, -0.15) is 0 Å². The summed E-state index contributed by atoms with van der Waals surface area (Å²) in [6.45, 7) is 5.87. The van der Waals surface area contributed by atoms with Gasteiger partial charge in [-0.25, -0.2) is 0 Å². The maximum atomic E-state index is 3.69. The molecule has 1 aliphatic heterocycles. The molecule has 0 amide bonds. The van der Waals surface area contributed by atoms with E-state index in [1.165, 1.54) is 13.0 Å². The molecule has 15 heavy (non-hydrogen) atoms. The molecular weight excluding hydrogens is 644 g/mol. The Kier molecular flexibility index (Phi) is 5.85. The molecular formula is C11H13NRaRbRe. The van der Waals surface area contributed by atoms with Gasteiger partial charge < -0.3 is 0 Å². The Labute approximate surface area is 171 Å². The number of hydrogen-bond donors (Lipinski definition) is 1. The Hall–Kier alpha value is 3.12. The summed E-state index contributed by atoms with van der Waals surface area (Å²) in [6, 6.07) is 0. The summed E-state index contributed by atoms with van der Waals surface area (Å²) in [7, 11) is 0. The quantitative estimate of drug-likeness (QED) is 0.405. The number of rotatable bonds is 0. The van der Waals surface area contributed by atoms with E-state index in [1.54, 1.807) is 24.9 Å². The zero-order valence-electron chi connectivity index (χ0n) is 9.87. The standard InChI is InChI=1S/C11H12N.Ra.Rb.Re.H/c1-8-5-10-3-4-12-7-11(10)6-9(8)2;;;;/h7,12H,3-4H2,1-2H3;;;;. The molecule has 0 bridgehead atoms. The minimum absolute atomic E-state index is 0.550. The summed E-state index contributed by atoms with van der Waals surface area (Å²) in [5.74, 6) is 0. The number of benzene rings is 1. The predicted molar refractivity (Wildman–Crippen MR) is 56.8 cm³/mol. The van der Waals surface area contributed by atoms with Crippen LogP contribution in [0.3, 0.4) is 0 Å². The number of nitrogens with one attached hydrogen (secondary N) is 1. The fourth-order valence-corrected chi connectivity index (χ4v) is 16.7. The van der Waals surface area contributed by atoms with E-state index < -0.39 is 0 Å². The van der Waals surface area contributed by atoms with E-state index in [9.17, 15) is 0 Å². The first kappa shape index (κ1) is 14.5. The Morgan fingerprint density at radius 1 is 1.40 bits per heavy atom. The van der Waals surface area contributed by atoms with Crippen LogP contribution in [0.4, 0.5) is 0 Å². The fraction of sp³-hybridized carbons (Fsp3) is 0.455. The summed E-state index contributed by atoms with van der Waals surface area (Å²) < 4.78 is 4.22. The third-order valence-electron chi connectivity index (χ3n) is 3.71. The fourth-order valence-electron chi connectivity index (χ4n) is 2.57. The third-order valence-corrected chi connectivity index (χ3v) is 12.8. The van der Waals surface area contributed by atoms with Gasteiger partial charge in [-0.15, -0.1) is 0 Å². The second-order valence-electron chi connectivity index (χ2n) is 4.51. The van der Waals surface area contributed by atoms with Crippen LogP contribution in [-0.4, -0.2) is 62.1 Å². The van der Waals surface area contributed by atoms with Gasteiger partial charge in [0, 0.05) is 0 Å². The Balaban J connectivity index is 2.74. The van der Waals surface area contributed by atoms with Crippen molar-refractivity contribution >= 4 is 58.2 Å². The molecule has 1 aliphatic rings. The van der Waals surface area contributed by atoms with E-state index in [1.807, 2.05) is 19.2 Å². The zero-order chi connectivity index (χ0) is 11.2. The average molecular weight is 657 g/mol. The van der Waals surface area contributed by atoms with Crippen molar-refractivity contribution in [3.05, 3.63) is 22.3 Å². The summed E-state index contributed by atoms with van der Waals surface area (Å²) in [5, 5.41) is 3.69. The van der Waals surface area contributed by atoms with E-state index in [0.717, 1.165) is 1.08 Å². The molecule has 1 atom stereocenters. The summed E-state index contributed by atoms with van der Waals surface area (Å²) >= 11 is 3.09. The topological polar surface area (TPSA) is 12.0 Å². The van der Waals surface area contributed by atoms with E-state index in [2.05, 4.69) is 19.2 Å². The number of hydrogen-bond acceptors (Lipinski definition) is 1. The van der Waals surface area contributed by atoms with E-state index in [-0.39, 0.29) is 0 Å². The molecule has 0 aromatic heterocycles. The van der Waals surface area contributed by atoms with Gasteiger partial charge in [0.2, 0.25) is 0 Å². The first-order valence-electron chi connectivity index (χ1n) is 5.55. The van der Waals surface area contributed by atoms with Crippen molar-refractivity contribution in [3.63, 3.8) is 0 Å². The van der Waals surface area contributed by atoms with Gasteiger partial charge >= 0.3 is 176 Å². The monoisotopic (exact) mass is 657 g/mol. The van der Waals surface area contributed by atoms with Gasteiger partial charge in [-0.1, -0.05) is 0 Å². The van der Waals surface area contributed by atoms with Gasteiger partial charge in [-0.05, 0) is 0 Å². The maximum absolute atomic E-state index is 3.69. The molecule has 0 radical (unpaired) electrons. The van der Waals surface area contributed by atoms with Crippen LogP contribution in [0.5, 0.6) is 0 Å². The van der Waals surface area contributed by atoms with Crippen molar-refractivity contribution in [1.82, 2.24) is 5.32 Å². The van der Waals surface area contributed by atoms with Crippen LogP contribution in [0.2, 0.25) is 0 Å². The molecule has 0 saturated heterocycles. The van der Waals surface area contributed by atoms with Crippen molar-refractivity contribution in [2.75, 3.05) is 6.54 Å².